The van der Waals surface area contributed by atoms with Crippen LogP contribution in [0, 0.1) is 5.41 Å². The number of hydrogen-bond acceptors (Lipinski definition) is 3. The molecule has 0 saturated carbocycles. The molecule has 1 aromatic heterocycles. The molecule has 19 heavy (non-hydrogen) atoms. The van der Waals surface area contributed by atoms with Gasteiger partial charge in [-0.3, -0.25) is 5.41 Å². The topological polar surface area (TPSA) is 53.1 Å². The van der Waals surface area contributed by atoms with Gasteiger partial charge in [-0.1, -0.05) is 11.6 Å². The van der Waals surface area contributed by atoms with E-state index in [2.05, 4.69) is 32.3 Å². The average Bonchev–Trinajstić information content (AvgIpc) is 2.74. The van der Waals surface area contributed by atoms with Crippen molar-refractivity contribution in [1.82, 2.24) is 0 Å². The average molecular weight is 359 g/mol. The summed E-state index contributed by atoms with van der Waals surface area (Å²) in [5.41, 5.74) is 7.01. The molecule has 0 atom stereocenters. The summed E-state index contributed by atoms with van der Waals surface area (Å²) in [7, 11) is 1.99. The van der Waals surface area contributed by atoms with Crippen LogP contribution in [0.25, 0.3) is 0 Å². The van der Waals surface area contributed by atoms with E-state index in [9.17, 15) is 0 Å². The van der Waals surface area contributed by atoms with Crippen molar-refractivity contribution >= 4 is 50.4 Å². The van der Waals surface area contributed by atoms with Crippen molar-refractivity contribution in [2.24, 2.45) is 5.73 Å². The van der Waals surface area contributed by atoms with E-state index >= 15 is 0 Å². The Morgan fingerprint density at radius 3 is 2.74 bits per heavy atom. The number of nitrogen functional groups attached to an aromatic ring is 1. The lowest BCUT2D eigenvalue weighted by Crippen LogP contribution is -2.17. The second-order valence-corrected chi connectivity index (χ2v) is 6.49. The number of nitrogens with one attached hydrogen (secondary N) is 1. The Morgan fingerprint density at radius 1 is 1.47 bits per heavy atom. The maximum Gasteiger partial charge on any atom is 0.122 e. The fourth-order valence-corrected chi connectivity index (χ4v) is 3.57. The van der Waals surface area contributed by atoms with Gasteiger partial charge in [0.05, 0.1) is 17.3 Å². The Labute approximate surface area is 129 Å². The van der Waals surface area contributed by atoms with E-state index in [1.165, 1.54) is 4.88 Å². The SMILES string of the molecule is CN(Cc1cc(Br)cs1)c1ccc(C(=N)N)cc1Cl. The van der Waals surface area contributed by atoms with E-state index in [0.29, 0.717) is 10.6 Å². The standard InChI is InChI=1S/C13H13BrClN3S/c1-18(6-10-5-9(14)7-19-10)12-3-2-8(13(16)17)4-11(12)15/h2-5,7H,6H2,1H3,(H3,16,17). The number of amidine groups is 1. The van der Waals surface area contributed by atoms with Crippen molar-refractivity contribution in [1.29, 1.82) is 5.41 Å². The zero-order valence-corrected chi connectivity index (χ0v) is 13.4. The third-order valence-corrected chi connectivity index (χ3v) is 4.67. The van der Waals surface area contributed by atoms with Crippen LogP contribution in [0.1, 0.15) is 10.4 Å². The summed E-state index contributed by atoms with van der Waals surface area (Å²) in [4.78, 5) is 3.32. The highest BCUT2D eigenvalue weighted by Gasteiger charge is 2.09. The monoisotopic (exact) mass is 357 g/mol. The first-order valence-corrected chi connectivity index (χ1v) is 7.60. The van der Waals surface area contributed by atoms with Gasteiger partial charge in [0.25, 0.3) is 0 Å². The number of benzene rings is 1. The molecule has 0 amide bonds. The molecule has 0 radical (unpaired) electrons. The van der Waals surface area contributed by atoms with Crippen molar-refractivity contribution in [2.45, 2.75) is 6.54 Å². The van der Waals surface area contributed by atoms with Gasteiger partial charge in [-0.25, -0.2) is 0 Å². The van der Waals surface area contributed by atoms with Gasteiger partial charge in [-0.2, -0.15) is 0 Å². The molecule has 0 bridgehead atoms. The van der Waals surface area contributed by atoms with Gasteiger partial charge >= 0.3 is 0 Å². The number of nitrogens with zero attached hydrogens (tertiary/aromatic N) is 1. The number of thiophene rings is 1. The largest absolute Gasteiger partial charge is 0.384 e. The summed E-state index contributed by atoms with van der Waals surface area (Å²) < 4.78 is 1.10. The van der Waals surface area contributed by atoms with E-state index in [1.54, 1.807) is 17.4 Å². The first-order chi connectivity index (χ1) is 8.97. The summed E-state index contributed by atoms with van der Waals surface area (Å²) in [6.45, 7) is 0.787. The molecule has 0 fully saturated rings. The molecule has 1 aromatic carbocycles. The van der Waals surface area contributed by atoms with E-state index in [4.69, 9.17) is 22.7 Å². The molecule has 2 rings (SSSR count). The quantitative estimate of drug-likeness (QED) is 0.639. The molecule has 3 nitrogen and oxygen atoms in total. The molecule has 0 aliphatic rings. The Kier molecular flexibility index (Phi) is 4.50. The number of halogens is 2. The molecule has 3 N–H and O–H groups in total. The highest BCUT2D eigenvalue weighted by atomic mass is 79.9. The van der Waals surface area contributed by atoms with E-state index in [-0.39, 0.29) is 5.84 Å². The van der Waals surface area contributed by atoms with Crippen LogP contribution in [0.3, 0.4) is 0 Å². The highest BCUT2D eigenvalue weighted by molar-refractivity contribution is 9.10. The van der Waals surface area contributed by atoms with Crippen LogP contribution in [0.15, 0.2) is 34.1 Å². The summed E-state index contributed by atoms with van der Waals surface area (Å²) in [5.74, 6) is 0.0262. The van der Waals surface area contributed by atoms with Crippen LogP contribution in [-0.4, -0.2) is 12.9 Å². The molecule has 100 valence electrons. The first kappa shape index (κ1) is 14.4. The molecule has 0 unspecified atom stereocenters. The molecule has 0 aliphatic carbocycles. The Morgan fingerprint density at radius 2 is 2.21 bits per heavy atom. The first-order valence-electron chi connectivity index (χ1n) is 5.55. The van der Waals surface area contributed by atoms with Crippen molar-refractivity contribution in [3.63, 3.8) is 0 Å². The van der Waals surface area contributed by atoms with Crippen molar-refractivity contribution in [3.05, 3.63) is 49.6 Å². The number of anilines is 1. The lowest BCUT2D eigenvalue weighted by Gasteiger charge is -2.20. The Bertz CT molecular complexity index is 612. The van der Waals surface area contributed by atoms with Crippen molar-refractivity contribution in [3.8, 4) is 0 Å². The number of rotatable bonds is 4. The summed E-state index contributed by atoms with van der Waals surface area (Å²) in [5, 5.41) is 10.1. The predicted molar refractivity (Wildman–Crippen MR) is 86.6 cm³/mol. The molecular weight excluding hydrogens is 346 g/mol. The molecular formula is C13H13BrClN3S. The second-order valence-electron chi connectivity index (χ2n) is 4.17. The Hall–Kier alpha value is -1.04. The van der Waals surface area contributed by atoms with E-state index < -0.39 is 0 Å². The van der Waals surface area contributed by atoms with Crippen LogP contribution in [0.2, 0.25) is 5.02 Å². The minimum Gasteiger partial charge on any atom is -0.384 e. The van der Waals surface area contributed by atoms with E-state index in [1.807, 2.05) is 19.2 Å². The van der Waals surface area contributed by atoms with Crippen LogP contribution in [0.5, 0.6) is 0 Å². The van der Waals surface area contributed by atoms with Gasteiger partial charge < -0.3 is 10.6 Å². The van der Waals surface area contributed by atoms with Gasteiger partial charge in [0.2, 0.25) is 0 Å². The van der Waals surface area contributed by atoms with Gasteiger partial charge in [-0.15, -0.1) is 11.3 Å². The van der Waals surface area contributed by atoms with Crippen molar-refractivity contribution in [2.75, 3.05) is 11.9 Å². The molecule has 2 aromatic rings. The molecule has 1 heterocycles. The minimum absolute atomic E-state index is 0.0262. The van der Waals surface area contributed by atoms with Gasteiger partial charge in [0, 0.05) is 27.3 Å². The molecule has 0 aliphatic heterocycles. The van der Waals surface area contributed by atoms with Gasteiger partial charge in [0.15, 0.2) is 0 Å². The highest BCUT2D eigenvalue weighted by Crippen LogP contribution is 2.29. The summed E-state index contributed by atoms with van der Waals surface area (Å²) in [6, 6.07) is 7.52. The molecule has 6 heteroatoms. The Balaban J connectivity index is 2.19. The zero-order chi connectivity index (χ0) is 14.0. The summed E-state index contributed by atoms with van der Waals surface area (Å²) in [6.07, 6.45) is 0. The van der Waals surface area contributed by atoms with Crippen LogP contribution >= 0.6 is 38.9 Å². The summed E-state index contributed by atoms with van der Waals surface area (Å²) >= 11 is 11.4. The molecule has 0 spiro atoms. The van der Waals surface area contributed by atoms with Gasteiger partial charge in [0.1, 0.15) is 5.84 Å². The lowest BCUT2D eigenvalue weighted by molar-refractivity contribution is 0.940. The lowest BCUT2D eigenvalue weighted by atomic mass is 10.2. The minimum atomic E-state index is 0.0262. The van der Waals surface area contributed by atoms with Crippen LogP contribution < -0.4 is 10.6 Å². The van der Waals surface area contributed by atoms with Crippen LogP contribution in [0.4, 0.5) is 5.69 Å². The number of hydrogen-bond donors (Lipinski definition) is 2. The fraction of sp³-hybridized carbons (Fsp3) is 0.154. The fourth-order valence-electron chi connectivity index (χ4n) is 1.74. The third kappa shape index (κ3) is 3.49. The normalized spacial score (nSPS) is 10.5. The van der Waals surface area contributed by atoms with Crippen molar-refractivity contribution < 1.29 is 0 Å². The maximum atomic E-state index is 7.39. The third-order valence-electron chi connectivity index (χ3n) is 2.68. The zero-order valence-electron chi connectivity index (χ0n) is 10.3. The van der Waals surface area contributed by atoms with E-state index in [0.717, 1.165) is 16.7 Å². The predicted octanol–water partition coefficient (Wildman–Crippen LogP) is 4.08. The van der Waals surface area contributed by atoms with Gasteiger partial charge in [-0.05, 0) is 40.2 Å². The maximum absolute atomic E-state index is 7.39. The number of nitrogens with two attached hydrogens (primary N) is 1. The van der Waals surface area contributed by atoms with Crippen LogP contribution in [-0.2, 0) is 6.54 Å². The molecule has 0 saturated heterocycles. The second kappa shape index (κ2) is 5.94. The smallest absolute Gasteiger partial charge is 0.122 e.